The molecule has 0 heterocycles. The Balaban J connectivity index is 2.74. The summed E-state index contributed by atoms with van der Waals surface area (Å²) in [6.45, 7) is 0.630. The molecule has 1 rings (SSSR count). The van der Waals surface area contributed by atoms with Crippen molar-refractivity contribution in [2.24, 2.45) is 5.73 Å². The van der Waals surface area contributed by atoms with Crippen LogP contribution >= 0.6 is 15.9 Å². The van der Waals surface area contributed by atoms with Gasteiger partial charge >= 0.3 is 0 Å². The highest BCUT2D eigenvalue weighted by Crippen LogP contribution is 2.22. The molecule has 0 saturated carbocycles. The molecule has 1 aromatic rings. The third-order valence-corrected chi connectivity index (χ3v) is 2.94. The zero-order valence-electron chi connectivity index (χ0n) is 9.43. The van der Waals surface area contributed by atoms with Gasteiger partial charge < -0.3 is 10.6 Å². The number of nitrogens with zero attached hydrogens (tertiary/aromatic N) is 1. The minimum absolute atomic E-state index is 0.0189. The fourth-order valence-electron chi connectivity index (χ4n) is 1.37. The summed E-state index contributed by atoms with van der Waals surface area (Å²) in [6, 6.07) is 2.56. The van der Waals surface area contributed by atoms with Gasteiger partial charge in [-0.05, 0) is 35.1 Å². The Bertz CT molecular complexity index is 423. The Hall–Kier alpha value is -1.01. The van der Waals surface area contributed by atoms with Crippen LogP contribution in [0.1, 0.15) is 12.0 Å². The largest absolute Gasteiger partial charge is 0.388 e. The Labute approximate surface area is 107 Å². The van der Waals surface area contributed by atoms with E-state index in [1.165, 1.54) is 12.1 Å². The van der Waals surface area contributed by atoms with Crippen LogP contribution in [0.4, 0.5) is 8.78 Å². The van der Waals surface area contributed by atoms with Gasteiger partial charge in [0, 0.05) is 25.1 Å². The summed E-state index contributed by atoms with van der Waals surface area (Å²) in [5.41, 5.74) is 5.24. The van der Waals surface area contributed by atoms with Gasteiger partial charge in [-0.25, -0.2) is 8.78 Å². The molecule has 1 aromatic carbocycles. The van der Waals surface area contributed by atoms with E-state index in [9.17, 15) is 8.78 Å². The van der Waals surface area contributed by atoms with Crippen molar-refractivity contribution in [1.82, 2.24) is 4.90 Å². The van der Waals surface area contributed by atoms with Crippen LogP contribution < -0.4 is 5.73 Å². The first-order chi connectivity index (χ1) is 7.91. The second-order valence-corrected chi connectivity index (χ2v) is 4.69. The first-order valence-electron chi connectivity index (χ1n) is 5.05. The Morgan fingerprint density at radius 1 is 1.47 bits per heavy atom. The van der Waals surface area contributed by atoms with Gasteiger partial charge in [0.05, 0.1) is 10.3 Å². The van der Waals surface area contributed by atoms with Crippen LogP contribution in [-0.4, -0.2) is 24.3 Å². The summed E-state index contributed by atoms with van der Waals surface area (Å²) in [6.07, 6.45) is 0.383. The molecular formula is C11H14BrF2N3. The highest BCUT2D eigenvalue weighted by molar-refractivity contribution is 9.10. The number of amidine groups is 1. The lowest BCUT2D eigenvalue weighted by molar-refractivity contribution is 0.323. The molecule has 0 aliphatic carbocycles. The topological polar surface area (TPSA) is 53.1 Å². The molecule has 0 aromatic heterocycles. The van der Waals surface area contributed by atoms with Gasteiger partial charge in [-0.1, -0.05) is 0 Å². The standard InChI is InChI=1S/C11H14BrF2N3/c1-17(5-4-10(15)16)6-7-9(13)3-2-8(12)11(7)14/h2-3H,4-6H2,1H3,(H3,15,16). The zero-order chi connectivity index (χ0) is 13.0. The average molecular weight is 306 g/mol. The summed E-state index contributed by atoms with van der Waals surface area (Å²) in [5.74, 6) is -1.09. The van der Waals surface area contributed by atoms with Crippen LogP contribution in [0, 0.1) is 17.0 Å². The molecule has 17 heavy (non-hydrogen) atoms. The van der Waals surface area contributed by atoms with Gasteiger partial charge in [0.25, 0.3) is 0 Å². The normalized spacial score (nSPS) is 10.9. The predicted molar refractivity (Wildman–Crippen MR) is 66.9 cm³/mol. The molecule has 0 saturated heterocycles. The van der Waals surface area contributed by atoms with Crippen molar-refractivity contribution in [1.29, 1.82) is 5.41 Å². The fourth-order valence-corrected chi connectivity index (χ4v) is 1.75. The third-order valence-electron chi connectivity index (χ3n) is 2.33. The molecule has 0 aliphatic rings. The van der Waals surface area contributed by atoms with Gasteiger partial charge in [-0.15, -0.1) is 0 Å². The molecule has 0 spiro atoms. The SMILES string of the molecule is CN(CCC(=N)N)Cc1c(F)ccc(Br)c1F. The summed E-state index contributed by atoms with van der Waals surface area (Å²) in [5, 5.41) is 7.08. The molecule has 3 nitrogen and oxygen atoms in total. The van der Waals surface area contributed by atoms with E-state index in [4.69, 9.17) is 11.1 Å². The third kappa shape index (κ3) is 4.05. The number of nitrogens with one attached hydrogen (secondary N) is 1. The molecular weight excluding hydrogens is 292 g/mol. The summed E-state index contributed by atoms with van der Waals surface area (Å²) in [7, 11) is 1.72. The van der Waals surface area contributed by atoms with E-state index in [0.29, 0.717) is 13.0 Å². The summed E-state index contributed by atoms with van der Waals surface area (Å²) < 4.78 is 27.3. The van der Waals surface area contributed by atoms with Crippen molar-refractivity contribution in [3.8, 4) is 0 Å². The molecule has 94 valence electrons. The minimum Gasteiger partial charge on any atom is -0.388 e. The average Bonchev–Trinajstić information content (AvgIpc) is 2.27. The van der Waals surface area contributed by atoms with E-state index in [2.05, 4.69) is 15.9 Å². The van der Waals surface area contributed by atoms with E-state index < -0.39 is 11.6 Å². The molecule has 0 bridgehead atoms. The highest BCUT2D eigenvalue weighted by atomic mass is 79.9. The van der Waals surface area contributed by atoms with Gasteiger partial charge in [0.15, 0.2) is 0 Å². The van der Waals surface area contributed by atoms with Gasteiger partial charge in [-0.2, -0.15) is 0 Å². The number of nitrogens with two attached hydrogens (primary N) is 1. The van der Waals surface area contributed by atoms with Gasteiger partial charge in [0.1, 0.15) is 11.6 Å². The first-order valence-corrected chi connectivity index (χ1v) is 5.85. The maximum atomic E-state index is 13.6. The monoisotopic (exact) mass is 305 g/mol. The smallest absolute Gasteiger partial charge is 0.144 e. The number of hydrogen-bond donors (Lipinski definition) is 2. The quantitative estimate of drug-likeness (QED) is 0.499. The van der Waals surface area contributed by atoms with Crippen molar-refractivity contribution < 1.29 is 8.78 Å². The molecule has 0 unspecified atom stereocenters. The van der Waals surface area contributed by atoms with Crippen molar-refractivity contribution >= 4 is 21.8 Å². The van der Waals surface area contributed by atoms with E-state index >= 15 is 0 Å². The molecule has 0 atom stereocenters. The number of halogens is 3. The van der Waals surface area contributed by atoms with Gasteiger partial charge in [-0.3, -0.25) is 5.41 Å². The molecule has 6 heteroatoms. The number of hydrogen-bond acceptors (Lipinski definition) is 2. The summed E-state index contributed by atoms with van der Waals surface area (Å²) in [4.78, 5) is 1.72. The second kappa shape index (κ2) is 6.07. The van der Waals surface area contributed by atoms with Crippen LogP contribution in [0.15, 0.2) is 16.6 Å². The van der Waals surface area contributed by atoms with Crippen LogP contribution in [0.3, 0.4) is 0 Å². The fraction of sp³-hybridized carbons (Fsp3) is 0.364. The van der Waals surface area contributed by atoms with Crippen molar-refractivity contribution in [3.05, 3.63) is 33.8 Å². The van der Waals surface area contributed by atoms with Crippen molar-refractivity contribution in [2.45, 2.75) is 13.0 Å². The predicted octanol–water partition coefficient (Wildman–Crippen LogP) is 2.49. The molecule has 0 aliphatic heterocycles. The van der Waals surface area contributed by atoms with Crippen molar-refractivity contribution in [3.63, 3.8) is 0 Å². The van der Waals surface area contributed by atoms with Crippen LogP contribution in [0.5, 0.6) is 0 Å². The molecule has 3 N–H and O–H groups in total. The number of benzene rings is 1. The van der Waals surface area contributed by atoms with Crippen molar-refractivity contribution in [2.75, 3.05) is 13.6 Å². The first kappa shape index (κ1) is 14.1. The maximum absolute atomic E-state index is 13.6. The molecule has 0 radical (unpaired) electrons. The van der Waals surface area contributed by atoms with E-state index in [-0.39, 0.29) is 22.4 Å². The molecule has 0 amide bonds. The van der Waals surface area contributed by atoms with Crippen LogP contribution in [-0.2, 0) is 6.54 Å². The van der Waals surface area contributed by atoms with E-state index in [1.807, 2.05) is 0 Å². The Morgan fingerprint density at radius 2 is 2.12 bits per heavy atom. The van der Waals surface area contributed by atoms with Crippen LogP contribution in [0.25, 0.3) is 0 Å². The van der Waals surface area contributed by atoms with E-state index in [0.717, 1.165) is 0 Å². The lowest BCUT2D eigenvalue weighted by atomic mass is 10.2. The minimum atomic E-state index is -0.584. The van der Waals surface area contributed by atoms with Crippen LogP contribution in [0.2, 0.25) is 0 Å². The van der Waals surface area contributed by atoms with Gasteiger partial charge in [0.2, 0.25) is 0 Å². The highest BCUT2D eigenvalue weighted by Gasteiger charge is 2.14. The molecule has 0 fully saturated rings. The Kier molecular flexibility index (Phi) is 5.02. The maximum Gasteiger partial charge on any atom is 0.144 e. The zero-order valence-corrected chi connectivity index (χ0v) is 11.0. The number of rotatable bonds is 5. The van der Waals surface area contributed by atoms with E-state index in [1.54, 1.807) is 11.9 Å². The lowest BCUT2D eigenvalue weighted by Crippen LogP contribution is -2.24. The second-order valence-electron chi connectivity index (χ2n) is 3.83. The lowest BCUT2D eigenvalue weighted by Gasteiger charge is -2.17. The summed E-state index contributed by atoms with van der Waals surface area (Å²) >= 11 is 3.02. The Morgan fingerprint density at radius 3 is 2.71 bits per heavy atom.